The van der Waals surface area contributed by atoms with Crippen molar-refractivity contribution in [3.63, 3.8) is 0 Å². The molecule has 6 nitrogen and oxygen atoms in total. The maximum Gasteiger partial charge on any atom is 0.274 e. The maximum absolute atomic E-state index is 13.0. The predicted molar refractivity (Wildman–Crippen MR) is 117 cm³/mol. The Hall–Kier alpha value is -3.15. The Bertz CT molecular complexity index is 1040. The summed E-state index contributed by atoms with van der Waals surface area (Å²) in [5.74, 6) is 0.0286. The standard InChI is InChI=1S/C23H28N4O2/c1-15(2)20(25-17-10-6-5-7-11-17)14-24-22(28)21-18-12-8-9-13-19(18)23(29)27(26-21)16(3)4/h5-13,15-16,20,25H,14H2,1-4H3,(H,24,28). The van der Waals surface area contributed by atoms with Crippen LogP contribution in [-0.4, -0.2) is 28.3 Å². The number of anilines is 1. The van der Waals surface area contributed by atoms with Crippen molar-refractivity contribution in [2.45, 2.75) is 39.8 Å². The van der Waals surface area contributed by atoms with Crippen molar-refractivity contribution < 1.29 is 4.79 Å². The van der Waals surface area contributed by atoms with Crippen LogP contribution < -0.4 is 16.2 Å². The molecule has 1 unspecified atom stereocenters. The second kappa shape index (κ2) is 8.90. The van der Waals surface area contributed by atoms with E-state index in [2.05, 4.69) is 29.6 Å². The molecule has 0 bridgehead atoms. The molecular formula is C23H28N4O2. The first-order valence-corrected chi connectivity index (χ1v) is 9.99. The summed E-state index contributed by atoms with van der Waals surface area (Å²) in [6.07, 6.45) is 0. The Morgan fingerprint density at radius 3 is 2.21 bits per heavy atom. The van der Waals surface area contributed by atoms with Gasteiger partial charge in [0.25, 0.3) is 11.5 Å². The molecule has 2 N–H and O–H groups in total. The first kappa shape index (κ1) is 20.6. The molecule has 6 heteroatoms. The normalized spacial score (nSPS) is 12.3. The van der Waals surface area contributed by atoms with Gasteiger partial charge >= 0.3 is 0 Å². The molecule has 29 heavy (non-hydrogen) atoms. The molecule has 0 fully saturated rings. The fourth-order valence-corrected chi connectivity index (χ4v) is 3.21. The number of carbonyl (C=O) groups is 1. The van der Waals surface area contributed by atoms with Gasteiger partial charge in [-0.25, -0.2) is 4.68 Å². The van der Waals surface area contributed by atoms with E-state index in [9.17, 15) is 9.59 Å². The Labute approximate surface area is 170 Å². The molecular weight excluding hydrogens is 364 g/mol. The summed E-state index contributed by atoms with van der Waals surface area (Å²) in [6, 6.07) is 17.0. The van der Waals surface area contributed by atoms with Crippen molar-refractivity contribution in [3.05, 3.63) is 70.6 Å². The van der Waals surface area contributed by atoms with Crippen molar-refractivity contribution in [2.24, 2.45) is 5.92 Å². The van der Waals surface area contributed by atoms with E-state index in [1.165, 1.54) is 4.68 Å². The first-order chi connectivity index (χ1) is 13.9. The van der Waals surface area contributed by atoms with Gasteiger partial charge in [-0.2, -0.15) is 5.10 Å². The van der Waals surface area contributed by atoms with Crippen LogP contribution in [0.2, 0.25) is 0 Å². The van der Waals surface area contributed by atoms with Gasteiger partial charge in [-0.15, -0.1) is 0 Å². The number of nitrogens with one attached hydrogen (secondary N) is 2. The van der Waals surface area contributed by atoms with Crippen LogP contribution in [0, 0.1) is 5.92 Å². The SMILES string of the molecule is CC(C)C(CNC(=O)c1nn(C(C)C)c(=O)c2ccccc12)Nc1ccccc1. The quantitative estimate of drug-likeness (QED) is 0.640. The molecule has 0 spiro atoms. The van der Waals surface area contributed by atoms with E-state index in [1.54, 1.807) is 18.2 Å². The number of carbonyl (C=O) groups excluding carboxylic acids is 1. The number of para-hydroxylation sites is 1. The summed E-state index contributed by atoms with van der Waals surface area (Å²) < 4.78 is 1.37. The van der Waals surface area contributed by atoms with E-state index in [0.717, 1.165) is 5.69 Å². The first-order valence-electron chi connectivity index (χ1n) is 9.99. The molecule has 0 aliphatic carbocycles. The molecule has 0 aliphatic rings. The highest BCUT2D eigenvalue weighted by Gasteiger charge is 2.20. The molecule has 0 saturated carbocycles. The Kier molecular flexibility index (Phi) is 6.32. The van der Waals surface area contributed by atoms with Crippen molar-refractivity contribution >= 4 is 22.4 Å². The average Bonchev–Trinajstić information content (AvgIpc) is 2.71. The van der Waals surface area contributed by atoms with Crippen molar-refractivity contribution in [1.29, 1.82) is 0 Å². The summed E-state index contributed by atoms with van der Waals surface area (Å²) in [5.41, 5.74) is 1.10. The van der Waals surface area contributed by atoms with Gasteiger partial charge in [0.05, 0.1) is 11.4 Å². The van der Waals surface area contributed by atoms with Gasteiger partial charge in [0, 0.05) is 23.7 Å². The number of fused-ring (bicyclic) bond motifs is 1. The third-order valence-corrected chi connectivity index (χ3v) is 4.95. The summed E-state index contributed by atoms with van der Waals surface area (Å²) in [6.45, 7) is 8.42. The second-order valence-corrected chi connectivity index (χ2v) is 7.81. The lowest BCUT2D eigenvalue weighted by atomic mass is 10.0. The van der Waals surface area contributed by atoms with E-state index >= 15 is 0 Å². The average molecular weight is 393 g/mol. The van der Waals surface area contributed by atoms with Crippen LogP contribution in [0.25, 0.3) is 10.8 Å². The lowest BCUT2D eigenvalue weighted by Crippen LogP contribution is -2.40. The molecule has 1 aromatic heterocycles. The van der Waals surface area contributed by atoms with Crippen LogP contribution in [0.15, 0.2) is 59.4 Å². The number of aromatic nitrogens is 2. The van der Waals surface area contributed by atoms with Crippen molar-refractivity contribution in [2.75, 3.05) is 11.9 Å². The van der Waals surface area contributed by atoms with Crippen molar-refractivity contribution in [1.82, 2.24) is 15.1 Å². The fourth-order valence-electron chi connectivity index (χ4n) is 3.21. The van der Waals surface area contributed by atoms with Gasteiger partial charge in [0.2, 0.25) is 0 Å². The summed E-state index contributed by atoms with van der Waals surface area (Å²) in [5, 5.41) is 11.9. The molecule has 3 rings (SSSR count). The molecule has 152 valence electrons. The minimum absolute atomic E-state index is 0.0589. The minimum atomic E-state index is -0.281. The fraction of sp³-hybridized carbons (Fsp3) is 0.348. The third-order valence-electron chi connectivity index (χ3n) is 4.95. The van der Waals surface area contributed by atoms with Gasteiger partial charge in [-0.1, -0.05) is 50.2 Å². The van der Waals surface area contributed by atoms with E-state index in [4.69, 9.17) is 0 Å². The van der Waals surface area contributed by atoms with E-state index in [0.29, 0.717) is 23.2 Å². The van der Waals surface area contributed by atoms with Crippen LogP contribution in [0.4, 0.5) is 5.69 Å². The summed E-state index contributed by atoms with van der Waals surface area (Å²) in [4.78, 5) is 25.7. The number of benzene rings is 2. The Balaban J connectivity index is 1.85. The molecule has 0 saturated heterocycles. The summed E-state index contributed by atoms with van der Waals surface area (Å²) >= 11 is 0. The van der Waals surface area contributed by atoms with Gasteiger partial charge in [-0.3, -0.25) is 9.59 Å². The highest BCUT2D eigenvalue weighted by molar-refractivity contribution is 6.04. The number of rotatable bonds is 7. The zero-order valence-corrected chi connectivity index (χ0v) is 17.3. The van der Waals surface area contributed by atoms with E-state index in [-0.39, 0.29) is 29.2 Å². The molecule has 1 atom stereocenters. The van der Waals surface area contributed by atoms with Gasteiger partial charge in [0.15, 0.2) is 5.69 Å². The second-order valence-electron chi connectivity index (χ2n) is 7.81. The lowest BCUT2D eigenvalue weighted by molar-refractivity contribution is 0.0944. The molecule has 1 heterocycles. The minimum Gasteiger partial charge on any atom is -0.380 e. The topological polar surface area (TPSA) is 76.0 Å². The smallest absolute Gasteiger partial charge is 0.274 e. The van der Waals surface area contributed by atoms with E-state index in [1.807, 2.05) is 50.2 Å². The predicted octanol–water partition coefficient (Wildman–Crippen LogP) is 3.84. The molecule has 0 radical (unpaired) electrons. The Morgan fingerprint density at radius 2 is 1.59 bits per heavy atom. The van der Waals surface area contributed by atoms with Gasteiger partial charge in [-0.05, 0) is 38.0 Å². The van der Waals surface area contributed by atoms with Crippen LogP contribution >= 0.6 is 0 Å². The van der Waals surface area contributed by atoms with Crippen LogP contribution in [0.5, 0.6) is 0 Å². The monoisotopic (exact) mass is 392 g/mol. The summed E-state index contributed by atoms with van der Waals surface area (Å²) in [7, 11) is 0. The van der Waals surface area contributed by atoms with E-state index < -0.39 is 0 Å². The van der Waals surface area contributed by atoms with Crippen molar-refractivity contribution in [3.8, 4) is 0 Å². The van der Waals surface area contributed by atoms with Crippen LogP contribution in [0.1, 0.15) is 44.2 Å². The number of hydrogen-bond acceptors (Lipinski definition) is 4. The molecule has 1 amide bonds. The molecule has 3 aromatic rings. The third kappa shape index (κ3) is 4.65. The lowest BCUT2D eigenvalue weighted by Gasteiger charge is -2.24. The Morgan fingerprint density at radius 1 is 0.966 bits per heavy atom. The van der Waals surface area contributed by atoms with Gasteiger partial charge < -0.3 is 10.6 Å². The number of amides is 1. The molecule has 2 aromatic carbocycles. The highest BCUT2D eigenvalue weighted by atomic mass is 16.2. The van der Waals surface area contributed by atoms with Gasteiger partial charge in [0.1, 0.15) is 0 Å². The molecule has 0 aliphatic heterocycles. The van der Waals surface area contributed by atoms with Crippen LogP contribution in [-0.2, 0) is 0 Å². The largest absolute Gasteiger partial charge is 0.380 e. The number of hydrogen-bond donors (Lipinski definition) is 2. The highest BCUT2D eigenvalue weighted by Crippen LogP contribution is 2.16. The number of nitrogens with zero attached hydrogens (tertiary/aromatic N) is 2. The zero-order valence-electron chi connectivity index (χ0n) is 17.3. The maximum atomic E-state index is 13.0. The van der Waals surface area contributed by atoms with Crippen LogP contribution in [0.3, 0.4) is 0 Å². The zero-order chi connectivity index (χ0) is 21.0.